The summed E-state index contributed by atoms with van der Waals surface area (Å²) in [5.41, 5.74) is 3.59. The van der Waals surface area contributed by atoms with Crippen molar-refractivity contribution in [3.8, 4) is 11.3 Å². The van der Waals surface area contributed by atoms with Gasteiger partial charge in [0.15, 0.2) is 0 Å². The molecule has 0 atom stereocenters. The van der Waals surface area contributed by atoms with E-state index in [2.05, 4.69) is 10.4 Å². The molecule has 0 radical (unpaired) electrons. The maximum Gasteiger partial charge on any atom is 0.339 e. The van der Waals surface area contributed by atoms with Crippen LogP contribution >= 0.6 is 11.6 Å². The summed E-state index contributed by atoms with van der Waals surface area (Å²) in [6.07, 6.45) is 0. The molecule has 30 heavy (non-hydrogen) atoms. The number of amides is 1. The van der Waals surface area contributed by atoms with Crippen molar-refractivity contribution >= 4 is 29.2 Å². The van der Waals surface area contributed by atoms with E-state index in [9.17, 15) is 14.4 Å². The normalized spacial score (nSPS) is 10.5. The summed E-state index contributed by atoms with van der Waals surface area (Å²) in [4.78, 5) is 36.7. The van der Waals surface area contributed by atoms with E-state index in [1.165, 1.54) is 31.4 Å². The van der Waals surface area contributed by atoms with Crippen LogP contribution in [0.15, 0.2) is 53.3 Å². The van der Waals surface area contributed by atoms with Crippen molar-refractivity contribution in [1.29, 1.82) is 0 Å². The van der Waals surface area contributed by atoms with E-state index in [1.807, 2.05) is 32.0 Å². The Hall–Kier alpha value is -3.45. The number of halogens is 1. The Kier molecular flexibility index (Phi) is 6.32. The Balaban J connectivity index is 1.86. The van der Waals surface area contributed by atoms with Crippen LogP contribution in [0, 0.1) is 13.8 Å². The first-order chi connectivity index (χ1) is 14.3. The number of carbonyl (C=O) groups is 2. The first kappa shape index (κ1) is 21.3. The topological polar surface area (TPSA) is 90.3 Å². The molecule has 0 spiro atoms. The number of nitrogens with one attached hydrogen (secondary N) is 1. The van der Waals surface area contributed by atoms with Crippen molar-refractivity contribution in [2.24, 2.45) is 0 Å². The highest BCUT2D eigenvalue weighted by Crippen LogP contribution is 2.22. The van der Waals surface area contributed by atoms with Gasteiger partial charge in [-0.15, -0.1) is 0 Å². The predicted octanol–water partition coefficient (Wildman–Crippen LogP) is 3.61. The zero-order valence-corrected chi connectivity index (χ0v) is 17.5. The van der Waals surface area contributed by atoms with Gasteiger partial charge in [-0.1, -0.05) is 23.7 Å². The first-order valence-electron chi connectivity index (χ1n) is 9.12. The van der Waals surface area contributed by atoms with Gasteiger partial charge in [0, 0.05) is 16.7 Å². The van der Waals surface area contributed by atoms with Gasteiger partial charge in [0.25, 0.3) is 5.56 Å². The minimum atomic E-state index is -0.617. The molecule has 0 aliphatic rings. The summed E-state index contributed by atoms with van der Waals surface area (Å²) in [6, 6.07) is 13.2. The Labute approximate surface area is 178 Å². The molecule has 1 amide bonds. The van der Waals surface area contributed by atoms with E-state index in [-0.39, 0.29) is 17.8 Å². The number of methoxy groups -OCH3 is 1. The Morgan fingerprint density at radius 1 is 1.07 bits per heavy atom. The van der Waals surface area contributed by atoms with Gasteiger partial charge in [-0.2, -0.15) is 5.10 Å². The fourth-order valence-corrected chi connectivity index (χ4v) is 3.02. The van der Waals surface area contributed by atoms with Crippen LogP contribution in [0.4, 0.5) is 5.69 Å². The summed E-state index contributed by atoms with van der Waals surface area (Å²) in [5.74, 6) is -1.15. The van der Waals surface area contributed by atoms with Crippen molar-refractivity contribution in [2.45, 2.75) is 20.4 Å². The molecule has 0 bridgehead atoms. The summed E-state index contributed by atoms with van der Waals surface area (Å²) in [7, 11) is 1.24. The van der Waals surface area contributed by atoms with Crippen molar-refractivity contribution in [2.75, 3.05) is 12.4 Å². The van der Waals surface area contributed by atoms with Crippen LogP contribution in [0.3, 0.4) is 0 Å². The average molecular weight is 426 g/mol. The lowest BCUT2D eigenvalue weighted by Gasteiger charge is -2.12. The van der Waals surface area contributed by atoms with Gasteiger partial charge in [0.05, 0.1) is 24.1 Å². The highest BCUT2D eigenvalue weighted by atomic mass is 35.5. The van der Waals surface area contributed by atoms with Crippen LogP contribution in [-0.2, 0) is 16.1 Å². The van der Waals surface area contributed by atoms with Crippen LogP contribution in [0.2, 0.25) is 5.02 Å². The number of anilines is 1. The Morgan fingerprint density at radius 3 is 2.53 bits per heavy atom. The van der Waals surface area contributed by atoms with Crippen LogP contribution < -0.4 is 10.9 Å². The van der Waals surface area contributed by atoms with Crippen molar-refractivity contribution in [1.82, 2.24) is 9.78 Å². The zero-order valence-electron chi connectivity index (χ0n) is 16.7. The second-order valence-corrected chi connectivity index (χ2v) is 7.18. The zero-order chi connectivity index (χ0) is 21.8. The highest BCUT2D eigenvalue weighted by Gasteiger charge is 2.16. The largest absolute Gasteiger partial charge is 0.465 e. The highest BCUT2D eigenvalue weighted by molar-refractivity contribution is 6.31. The Morgan fingerprint density at radius 2 is 1.83 bits per heavy atom. The SMILES string of the molecule is COC(=O)c1ccc(Cl)cc1NC(=O)Cn1nc(-c2ccc(C)c(C)c2)ccc1=O. The molecule has 1 N–H and O–H groups in total. The number of hydrogen-bond donors (Lipinski definition) is 1. The first-order valence-corrected chi connectivity index (χ1v) is 9.50. The monoisotopic (exact) mass is 425 g/mol. The third-order valence-electron chi connectivity index (χ3n) is 4.62. The maximum atomic E-state index is 12.5. The van der Waals surface area contributed by atoms with Crippen LogP contribution in [0.1, 0.15) is 21.5 Å². The number of benzene rings is 2. The Bertz CT molecular complexity index is 1190. The number of nitrogens with zero attached hydrogens (tertiary/aromatic N) is 2. The van der Waals surface area contributed by atoms with Gasteiger partial charge in [-0.3, -0.25) is 9.59 Å². The van der Waals surface area contributed by atoms with Gasteiger partial charge in [0.2, 0.25) is 5.91 Å². The molecule has 0 saturated carbocycles. The molecular formula is C22H20ClN3O4. The second-order valence-electron chi connectivity index (χ2n) is 6.74. The van der Waals surface area contributed by atoms with Gasteiger partial charge in [-0.05, 0) is 55.3 Å². The summed E-state index contributed by atoms with van der Waals surface area (Å²) in [6.45, 7) is 3.67. The van der Waals surface area contributed by atoms with E-state index in [0.29, 0.717) is 10.7 Å². The van der Waals surface area contributed by atoms with Crippen LogP contribution in [0.25, 0.3) is 11.3 Å². The molecule has 1 heterocycles. The van der Waals surface area contributed by atoms with Gasteiger partial charge < -0.3 is 10.1 Å². The number of aryl methyl sites for hydroxylation is 2. The molecule has 0 unspecified atom stereocenters. The molecular weight excluding hydrogens is 406 g/mol. The van der Waals surface area contributed by atoms with Crippen LogP contribution in [0.5, 0.6) is 0 Å². The molecule has 1 aromatic heterocycles. The van der Waals surface area contributed by atoms with E-state index in [4.69, 9.17) is 16.3 Å². The fourth-order valence-electron chi connectivity index (χ4n) is 2.85. The standard InChI is InChI=1S/C22H20ClN3O4/c1-13-4-5-15(10-14(13)2)18-8-9-21(28)26(25-18)12-20(27)24-19-11-16(23)6-7-17(19)22(29)30-3/h4-11H,12H2,1-3H3,(H,24,27). The number of esters is 1. The molecule has 3 aromatic rings. The quantitative estimate of drug-likeness (QED) is 0.630. The third kappa shape index (κ3) is 4.75. The van der Waals surface area contributed by atoms with Gasteiger partial charge >= 0.3 is 5.97 Å². The molecule has 0 saturated heterocycles. The molecule has 154 valence electrons. The summed E-state index contributed by atoms with van der Waals surface area (Å²) in [5, 5.41) is 7.24. The minimum Gasteiger partial charge on any atom is -0.465 e. The number of carbonyl (C=O) groups excluding carboxylic acids is 2. The molecule has 7 nitrogen and oxygen atoms in total. The molecule has 8 heteroatoms. The van der Waals surface area contributed by atoms with Gasteiger partial charge in [0.1, 0.15) is 6.54 Å². The van der Waals surface area contributed by atoms with Crippen molar-refractivity contribution < 1.29 is 14.3 Å². The molecule has 2 aromatic carbocycles. The third-order valence-corrected chi connectivity index (χ3v) is 4.86. The summed E-state index contributed by atoms with van der Waals surface area (Å²) >= 11 is 5.98. The van der Waals surface area contributed by atoms with Gasteiger partial charge in [-0.25, -0.2) is 9.48 Å². The molecule has 0 aliphatic heterocycles. The van der Waals surface area contributed by atoms with Crippen molar-refractivity contribution in [3.05, 3.63) is 80.6 Å². The fraction of sp³-hybridized carbons (Fsp3) is 0.182. The van der Waals surface area contributed by atoms with E-state index < -0.39 is 17.4 Å². The van der Waals surface area contributed by atoms with E-state index in [1.54, 1.807) is 6.07 Å². The maximum absolute atomic E-state index is 12.5. The number of hydrogen-bond acceptors (Lipinski definition) is 5. The number of rotatable bonds is 5. The minimum absolute atomic E-state index is 0.152. The molecule has 0 aliphatic carbocycles. The number of aromatic nitrogens is 2. The number of ether oxygens (including phenoxy) is 1. The van der Waals surface area contributed by atoms with Crippen LogP contribution in [-0.4, -0.2) is 28.8 Å². The lowest BCUT2D eigenvalue weighted by molar-refractivity contribution is -0.117. The lowest BCUT2D eigenvalue weighted by Crippen LogP contribution is -2.29. The second kappa shape index (κ2) is 8.92. The van der Waals surface area contributed by atoms with Crippen molar-refractivity contribution in [3.63, 3.8) is 0 Å². The van der Waals surface area contributed by atoms with E-state index >= 15 is 0 Å². The molecule has 3 rings (SSSR count). The predicted molar refractivity (Wildman–Crippen MR) is 115 cm³/mol. The summed E-state index contributed by atoms with van der Waals surface area (Å²) < 4.78 is 5.79. The smallest absolute Gasteiger partial charge is 0.339 e. The van der Waals surface area contributed by atoms with E-state index in [0.717, 1.165) is 21.4 Å². The lowest BCUT2D eigenvalue weighted by atomic mass is 10.0. The average Bonchev–Trinajstić information content (AvgIpc) is 2.71. The molecule has 0 fully saturated rings.